The molecule has 5 heterocycles. The summed E-state index contributed by atoms with van der Waals surface area (Å²) in [5.74, 6) is 1.94. The molecule has 0 saturated carbocycles. The van der Waals surface area contributed by atoms with Gasteiger partial charge in [-0.25, -0.2) is 14.6 Å². The van der Waals surface area contributed by atoms with Crippen LogP contribution in [0.4, 0.5) is 5.82 Å². The van der Waals surface area contributed by atoms with E-state index in [-0.39, 0.29) is 0 Å². The van der Waals surface area contributed by atoms with Crippen molar-refractivity contribution in [1.82, 2.24) is 34.3 Å². The number of benzene rings is 1. The fraction of sp³-hybridized carbons (Fsp3) is 0.0417. The number of nitrogens with zero attached hydrogens (tertiary/aromatic N) is 7. The van der Waals surface area contributed by atoms with Gasteiger partial charge in [0.25, 0.3) is 5.95 Å². The van der Waals surface area contributed by atoms with Crippen molar-refractivity contribution in [2.75, 3.05) is 5.73 Å². The Hall–Kier alpha value is -4.79. The van der Waals surface area contributed by atoms with Gasteiger partial charge in [-0.3, -0.25) is 9.55 Å². The van der Waals surface area contributed by atoms with Gasteiger partial charge in [0.15, 0.2) is 11.4 Å². The van der Waals surface area contributed by atoms with Crippen LogP contribution in [0.2, 0.25) is 0 Å². The van der Waals surface area contributed by atoms with Crippen molar-refractivity contribution >= 4 is 16.9 Å². The largest absolute Gasteiger partial charge is 0.450 e. The van der Waals surface area contributed by atoms with E-state index in [4.69, 9.17) is 20.1 Å². The predicted molar refractivity (Wildman–Crippen MR) is 124 cm³/mol. The molecule has 0 radical (unpaired) electrons. The van der Waals surface area contributed by atoms with Crippen molar-refractivity contribution in [3.8, 4) is 34.2 Å². The lowest BCUT2D eigenvalue weighted by Gasteiger charge is -2.05. The molecule has 33 heavy (non-hydrogen) atoms. The van der Waals surface area contributed by atoms with Crippen molar-refractivity contribution in [1.29, 1.82) is 0 Å². The number of nitrogens with two attached hydrogens (primary N) is 1. The number of fused-ring (bicyclic) bond motifs is 1. The molecule has 0 saturated heterocycles. The normalized spacial score (nSPS) is 11.3. The Kier molecular flexibility index (Phi) is 4.25. The maximum atomic E-state index is 6.14. The summed E-state index contributed by atoms with van der Waals surface area (Å²) in [6, 6.07) is 13.9. The SMILES string of the molecule is Cc1cccc(-c2cnn(-c3nc(-n4cnc(N)c4)c4oc(-c5cccnc5)cc4n3)c2)c1. The number of aromatic nitrogens is 7. The third kappa shape index (κ3) is 3.41. The molecule has 0 spiro atoms. The summed E-state index contributed by atoms with van der Waals surface area (Å²) < 4.78 is 9.51. The average molecular weight is 434 g/mol. The van der Waals surface area contributed by atoms with Crippen LogP contribution in [-0.4, -0.2) is 34.3 Å². The Bertz CT molecular complexity index is 1600. The van der Waals surface area contributed by atoms with E-state index in [2.05, 4.69) is 34.1 Å². The molecule has 0 aliphatic rings. The third-order valence-corrected chi connectivity index (χ3v) is 5.27. The van der Waals surface area contributed by atoms with Gasteiger partial charge < -0.3 is 10.2 Å². The molecule has 9 heteroatoms. The van der Waals surface area contributed by atoms with Crippen LogP contribution < -0.4 is 5.73 Å². The molecule has 6 rings (SSSR count). The van der Waals surface area contributed by atoms with Crippen LogP contribution in [-0.2, 0) is 0 Å². The second-order valence-corrected chi connectivity index (χ2v) is 7.66. The van der Waals surface area contributed by atoms with Gasteiger partial charge in [-0.05, 0) is 24.6 Å². The summed E-state index contributed by atoms with van der Waals surface area (Å²) in [4.78, 5) is 17.8. The summed E-state index contributed by atoms with van der Waals surface area (Å²) in [5.41, 5.74) is 11.1. The second-order valence-electron chi connectivity index (χ2n) is 7.66. The van der Waals surface area contributed by atoms with Crippen molar-refractivity contribution in [3.05, 3.63) is 85.3 Å². The summed E-state index contributed by atoms with van der Waals surface area (Å²) in [5, 5.41) is 4.51. The lowest BCUT2D eigenvalue weighted by atomic mass is 10.1. The van der Waals surface area contributed by atoms with E-state index in [9.17, 15) is 0 Å². The van der Waals surface area contributed by atoms with Gasteiger partial charge >= 0.3 is 0 Å². The van der Waals surface area contributed by atoms with Gasteiger partial charge in [0, 0.05) is 35.8 Å². The Labute approximate surface area is 188 Å². The second kappa shape index (κ2) is 7.41. The van der Waals surface area contributed by atoms with E-state index in [1.807, 2.05) is 36.5 Å². The zero-order valence-corrected chi connectivity index (χ0v) is 17.6. The van der Waals surface area contributed by atoms with Crippen LogP contribution in [0.1, 0.15) is 5.56 Å². The number of nitrogen functional groups attached to an aromatic ring is 1. The van der Waals surface area contributed by atoms with Crippen molar-refractivity contribution in [2.45, 2.75) is 6.92 Å². The number of aryl methyl sites for hydroxylation is 1. The van der Waals surface area contributed by atoms with Gasteiger partial charge in [-0.1, -0.05) is 29.8 Å². The molecule has 0 unspecified atom stereocenters. The lowest BCUT2D eigenvalue weighted by Crippen LogP contribution is -2.05. The molecule has 5 aromatic heterocycles. The molecule has 0 bridgehead atoms. The highest BCUT2D eigenvalue weighted by molar-refractivity contribution is 5.85. The van der Waals surface area contributed by atoms with Gasteiger partial charge in [0.05, 0.1) is 12.4 Å². The Balaban J connectivity index is 1.52. The van der Waals surface area contributed by atoms with E-state index in [0.717, 1.165) is 16.7 Å². The average Bonchev–Trinajstić information content (AvgIpc) is 3.58. The first kappa shape index (κ1) is 18.9. The zero-order valence-electron chi connectivity index (χ0n) is 17.6. The number of anilines is 1. The van der Waals surface area contributed by atoms with Gasteiger partial charge in [0.2, 0.25) is 0 Å². The minimum absolute atomic E-state index is 0.378. The summed E-state index contributed by atoms with van der Waals surface area (Å²) in [6.07, 6.45) is 10.4. The van der Waals surface area contributed by atoms with Crippen LogP contribution in [0, 0.1) is 6.92 Å². The van der Waals surface area contributed by atoms with Crippen LogP contribution in [0.25, 0.3) is 45.3 Å². The number of pyridine rings is 1. The van der Waals surface area contributed by atoms with Crippen molar-refractivity contribution in [3.63, 3.8) is 0 Å². The van der Waals surface area contributed by atoms with Crippen LogP contribution in [0.5, 0.6) is 0 Å². The number of imidazole rings is 1. The summed E-state index contributed by atoms with van der Waals surface area (Å²) in [6.45, 7) is 2.06. The van der Waals surface area contributed by atoms with E-state index in [0.29, 0.717) is 34.4 Å². The Morgan fingerprint density at radius 2 is 1.85 bits per heavy atom. The first-order valence-electron chi connectivity index (χ1n) is 10.3. The quantitative estimate of drug-likeness (QED) is 0.442. The molecular weight excluding hydrogens is 416 g/mol. The molecule has 0 fully saturated rings. The molecule has 0 aliphatic carbocycles. The van der Waals surface area contributed by atoms with E-state index in [1.54, 1.807) is 40.4 Å². The van der Waals surface area contributed by atoms with Gasteiger partial charge in [-0.15, -0.1) is 0 Å². The molecular formula is C24H18N8O. The van der Waals surface area contributed by atoms with Crippen LogP contribution in [0.15, 0.2) is 84.2 Å². The number of furan rings is 1. The Morgan fingerprint density at radius 3 is 2.64 bits per heavy atom. The minimum atomic E-state index is 0.378. The fourth-order valence-electron chi connectivity index (χ4n) is 3.69. The van der Waals surface area contributed by atoms with Gasteiger partial charge in [0.1, 0.15) is 23.4 Å². The number of hydrogen-bond acceptors (Lipinski definition) is 7. The van der Waals surface area contributed by atoms with Crippen molar-refractivity contribution in [2.24, 2.45) is 0 Å². The van der Waals surface area contributed by atoms with Crippen molar-refractivity contribution < 1.29 is 4.42 Å². The molecule has 2 N–H and O–H groups in total. The number of hydrogen-bond donors (Lipinski definition) is 1. The van der Waals surface area contributed by atoms with Crippen LogP contribution >= 0.6 is 0 Å². The standard InChI is InChI=1S/C24H18N8O/c1-15-4-2-5-16(8-15)18-11-28-32(12-18)24-29-19-9-20(17-6-3-7-26-10-17)33-22(19)23(30-24)31-13-21(25)27-14-31/h2-14H,25H2,1H3. The first-order valence-corrected chi connectivity index (χ1v) is 10.3. The molecule has 160 valence electrons. The molecule has 9 nitrogen and oxygen atoms in total. The first-order chi connectivity index (χ1) is 16.1. The summed E-state index contributed by atoms with van der Waals surface area (Å²) in [7, 11) is 0. The lowest BCUT2D eigenvalue weighted by molar-refractivity contribution is 0.623. The molecule has 6 aromatic rings. The summed E-state index contributed by atoms with van der Waals surface area (Å²) >= 11 is 0. The predicted octanol–water partition coefficient (Wildman–Crippen LogP) is 4.21. The highest BCUT2D eigenvalue weighted by Crippen LogP contribution is 2.30. The smallest absolute Gasteiger partial charge is 0.253 e. The van der Waals surface area contributed by atoms with E-state index in [1.165, 1.54) is 5.56 Å². The van der Waals surface area contributed by atoms with Crippen LogP contribution in [0.3, 0.4) is 0 Å². The number of rotatable bonds is 4. The third-order valence-electron chi connectivity index (χ3n) is 5.27. The molecule has 0 atom stereocenters. The van der Waals surface area contributed by atoms with E-state index < -0.39 is 0 Å². The highest BCUT2D eigenvalue weighted by Gasteiger charge is 2.18. The van der Waals surface area contributed by atoms with E-state index >= 15 is 0 Å². The highest BCUT2D eigenvalue weighted by atomic mass is 16.3. The maximum absolute atomic E-state index is 6.14. The molecule has 0 amide bonds. The molecule has 0 aliphatic heterocycles. The molecule has 1 aromatic carbocycles. The monoisotopic (exact) mass is 434 g/mol. The van der Waals surface area contributed by atoms with Gasteiger partial charge in [-0.2, -0.15) is 10.1 Å². The zero-order chi connectivity index (χ0) is 22.4. The topological polar surface area (TPSA) is 113 Å². The Morgan fingerprint density at radius 1 is 0.939 bits per heavy atom. The maximum Gasteiger partial charge on any atom is 0.253 e. The fourth-order valence-corrected chi connectivity index (χ4v) is 3.69. The minimum Gasteiger partial charge on any atom is -0.450 e.